The van der Waals surface area contributed by atoms with Crippen LogP contribution in [0.5, 0.6) is 0 Å². The molecule has 3 heterocycles. The van der Waals surface area contributed by atoms with Crippen molar-refractivity contribution in [3.05, 3.63) is 77.7 Å². The molecule has 0 radical (unpaired) electrons. The highest BCUT2D eigenvalue weighted by Gasteiger charge is 2.32. The van der Waals surface area contributed by atoms with Crippen LogP contribution in [0.15, 0.2) is 60.9 Å². The van der Waals surface area contributed by atoms with Crippen molar-refractivity contribution >= 4 is 23.1 Å². The normalized spacial score (nSPS) is 17.7. The molecule has 5 heteroatoms. The Morgan fingerprint density at radius 1 is 1.00 bits per heavy atom. The van der Waals surface area contributed by atoms with Crippen LogP contribution in [-0.4, -0.2) is 28.5 Å². The molecule has 1 amide bonds. The quantitative estimate of drug-likeness (QED) is 0.701. The summed E-state index contributed by atoms with van der Waals surface area (Å²) in [6, 6.07) is 18.4. The second-order valence-electron chi connectivity index (χ2n) is 7.15. The minimum absolute atomic E-state index is 0.0661. The number of para-hydroxylation sites is 2. The van der Waals surface area contributed by atoms with Gasteiger partial charge in [-0.05, 0) is 43.0 Å². The number of rotatable bonds is 2. The average molecular weight is 356 g/mol. The molecule has 0 fully saturated rings. The van der Waals surface area contributed by atoms with Crippen LogP contribution in [0.25, 0.3) is 0 Å². The monoisotopic (exact) mass is 356 g/mol. The van der Waals surface area contributed by atoms with Gasteiger partial charge in [-0.25, -0.2) is 9.97 Å². The van der Waals surface area contributed by atoms with Gasteiger partial charge in [0.2, 0.25) is 0 Å². The predicted molar refractivity (Wildman–Crippen MR) is 106 cm³/mol. The molecular weight excluding hydrogens is 336 g/mol. The molecule has 1 atom stereocenters. The van der Waals surface area contributed by atoms with E-state index in [0.717, 1.165) is 36.6 Å². The predicted octanol–water partition coefficient (Wildman–Crippen LogP) is 3.76. The third-order valence-electron chi connectivity index (χ3n) is 5.46. The van der Waals surface area contributed by atoms with Gasteiger partial charge in [-0.2, -0.15) is 0 Å². The first-order chi connectivity index (χ1) is 13.2. The Labute approximate surface area is 158 Å². The number of amides is 1. The number of fused-ring (bicyclic) bond motifs is 2. The van der Waals surface area contributed by atoms with Gasteiger partial charge in [0.1, 0.15) is 17.8 Å². The fourth-order valence-corrected chi connectivity index (χ4v) is 4.19. The Bertz CT molecular complexity index is 1030. The van der Waals surface area contributed by atoms with E-state index in [4.69, 9.17) is 0 Å². The van der Waals surface area contributed by atoms with Crippen LogP contribution in [0, 0.1) is 0 Å². The van der Waals surface area contributed by atoms with Crippen LogP contribution in [-0.2, 0) is 12.8 Å². The molecule has 0 aliphatic carbocycles. The first kappa shape index (κ1) is 16.0. The summed E-state index contributed by atoms with van der Waals surface area (Å²) in [5.74, 6) is 0.710. The number of anilines is 3. The summed E-state index contributed by atoms with van der Waals surface area (Å²) in [5.41, 5.74) is 5.11. The Kier molecular flexibility index (Phi) is 3.67. The van der Waals surface area contributed by atoms with E-state index in [9.17, 15) is 4.79 Å². The van der Waals surface area contributed by atoms with Crippen LogP contribution in [0.2, 0.25) is 0 Å². The molecule has 0 saturated carbocycles. The lowest BCUT2D eigenvalue weighted by Gasteiger charge is -2.23. The maximum atomic E-state index is 13.2. The molecule has 2 aliphatic rings. The topological polar surface area (TPSA) is 49.3 Å². The third kappa shape index (κ3) is 2.58. The summed E-state index contributed by atoms with van der Waals surface area (Å²) in [4.78, 5) is 26.0. The van der Waals surface area contributed by atoms with Gasteiger partial charge in [0.15, 0.2) is 0 Å². The summed E-state index contributed by atoms with van der Waals surface area (Å²) in [7, 11) is 0. The molecule has 5 nitrogen and oxygen atoms in total. The average Bonchev–Trinajstić information content (AvgIpc) is 3.28. The van der Waals surface area contributed by atoms with Gasteiger partial charge in [0, 0.05) is 30.0 Å². The SMILES string of the molecule is CC1Cc2ccccc2N1C(=O)c1cc(N2CCc3ccccc32)ncn1. The molecule has 27 heavy (non-hydrogen) atoms. The van der Waals surface area contributed by atoms with Crippen LogP contribution in [0.4, 0.5) is 17.2 Å². The molecular formula is C22H20N4O. The van der Waals surface area contributed by atoms with E-state index in [1.54, 1.807) is 0 Å². The van der Waals surface area contributed by atoms with Crippen LogP contribution >= 0.6 is 0 Å². The van der Waals surface area contributed by atoms with Gasteiger partial charge in [-0.1, -0.05) is 36.4 Å². The zero-order valence-electron chi connectivity index (χ0n) is 15.2. The summed E-state index contributed by atoms with van der Waals surface area (Å²) < 4.78 is 0. The van der Waals surface area contributed by atoms with Crippen molar-refractivity contribution in [2.24, 2.45) is 0 Å². The van der Waals surface area contributed by atoms with Crippen molar-refractivity contribution in [1.29, 1.82) is 0 Å². The number of aromatic nitrogens is 2. The Balaban J connectivity index is 1.49. The minimum atomic E-state index is -0.0661. The molecule has 2 aliphatic heterocycles. The van der Waals surface area contributed by atoms with Gasteiger partial charge >= 0.3 is 0 Å². The van der Waals surface area contributed by atoms with Crippen molar-refractivity contribution in [1.82, 2.24) is 9.97 Å². The van der Waals surface area contributed by atoms with Gasteiger partial charge in [0.05, 0.1) is 0 Å². The molecule has 0 spiro atoms. The highest BCUT2D eigenvalue weighted by atomic mass is 16.2. The van der Waals surface area contributed by atoms with Crippen molar-refractivity contribution < 1.29 is 4.79 Å². The van der Waals surface area contributed by atoms with E-state index in [1.165, 1.54) is 17.5 Å². The summed E-state index contributed by atoms with van der Waals surface area (Å²) in [5, 5.41) is 0. The molecule has 2 aromatic carbocycles. The van der Waals surface area contributed by atoms with Crippen LogP contribution in [0.1, 0.15) is 28.5 Å². The van der Waals surface area contributed by atoms with Gasteiger partial charge in [-0.3, -0.25) is 4.79 Å². The van der Waals surface area contributed by atoms with Crippen LogP contribution < -0.4 is 9.80 Å². The van der Waals surface area contributed by atoms with Gasteiger partial charge in [0.25, 0.3) is 5.91 Å². The summed E-state index contributed by atoms with van der Waals surface area (Å²) in [6.07, 6.45) is 3.36. The third-order valence-corrected chi connectivity index (χ3v) is 5.46. The highest BCUT2D eigenvalue weighted by Crippen LogP contribution is 2.35. The largest absolute Gasteiger partial charge is 0.326 e. The summed E-state index contributed by atoms with van der Waals surface area (Å²) >= 11 is 0. The standard InChI is InChI=1S/C22H20N4O/c1-15-12-17-7-3-5-9-20(17)26(15)22(27)18-13-21(24-14-23-18)25-11-10-16-6-2-4-8-19(16)25/h2-9,13-15H,10-12H2,1H3. The number of hydrogen-bond donors (Lipinski definition) is 0. The molecule has 134 valence electrons. The zero-order chi connectivity index (χ0) is 18.4. The van der Waals surface area contributed by atoms with E-state index >= 15 is 0 Å². The lowest BCUT2D eigenvalue weighted by molar-refractivity contribution is 0.0976. The van der Waals surface area contributed by atoms with Crippen LogP contribution in [0.3, 0.4) is 0 Å². The van der Waals surface area contributed by atoms with Crippen molar-refractivity contribution in [2.75, 3.05) is 16.3 Å². The summed E-state index contributed by atoms with van der Waals surface area (Å²) in [6.45, 7) is 2.95. The fourth-order valence-electron chi connectivity index (χ4n) is 4.19. The van der Waals surface area contributed by atoms with E-state index in [0.29, 0.717) is 5.69 Å². The molecule has 3 aromatic rings. The van der Waals surface area contributed by atoms with E-state index < -0.39 is 0 Å². The molecule has 1 aromatic heterocycles. The van der Waals surface area contributed by atoms with E-state index in [2.05, 4.69) is 46.1 Å². The first-order valence-electron chi connectivity index (χ1n) is 9.31. The second-order valence-corrected chi connectivity index (χ2v) is 7.15. The molecule has 5 rings (SSSR count). The lowest BCUT2D eigenvalue weighted by Crippen LogP contribution is -2.36. The van der Waals surface area contributed by atoms with E-state index in [1.807, 2.05) is 35.2 Å². The number of benzene rings is 2. The number of hydrogen-bond acceptors (Lipinski definition) is 4. The highest BCUT2D eigenvalue weighted by molar-refractivity contribution is 6.07. The van der Waals surface area contributed by atoms with E-state index in [-0.39, 0.29) is 11.9 Å². The van der Waals surface area contributed by atoms with Crippen molar-refractivity contribution in [3.63, 3.8) is 0 Å². The molecule has 0 N–H and O–H groups in total. The van der Waals surface area contributed by atoms with Crippen molar-refractivity contribution in [3.8, 4) is 0 Å². The van der Waals surface area contributed by atoms with Crippen molar-refractivity contribution in [2.45, 2.75) is 25.8 Å². The number of carbonyl (C=O) groups is 1. The Hall–Kier alpha value is -3.21. The lowest BCUT2D eigenvalue weighted by atomic mass is 10.1. The maximum Gasteiger partial charge on any atom is 0.277 e. The maximum absolute atomic E-state index is 13.2. The number of carbonyl (C=O) groups excluding carboxylic acids is 1. The number of nitrogens with zero attached hydrogens (tertiary/aromatic N) is 4. The minimum Gasteiger partial charge on any atom is -0.326 e. The molecule has 1 unspecified atom stereocenters. The fraction of sp³-hybridized carbons (Fsp3) is 0.227. The first-order valence-corrected chi connectivity index (χ1v) is 9.31. The van der Waals surface area contributed by atoms with Gasteiger partial charge in [-0.15, -0.1) is 0 Å². The van der Waals surface area contributed by atoms with Gasteiger partial charge < -0.3 is 9.80 Å². The molecule has 0 bridgehead atoms. The zero-order valence-corrected chi connectivity index (χ0v) is 15.2. The second kappa shape index (κ2) is 6.20. The smallest absolute Gasteiger partial charge is 0.277 e. The Morgan fingerprint density at radius 2 is 1.74 bits per heavy atom. The Morgan fingerprint density at radius 3 is 2.59 bits per heavy atom. The molecule has 0 saturated heterocycles.